The molecule has 0 atom stereocenters. The van der Waals surface area contributed by atoms with E-state index >= 15 is 0 Å². The highest BCUT2D eigenvalue weighted by Gasteiger charge is 2.08. The van der Waals surface area contributed by atoms with Gasteiger partial charge < -0.3 is 15.0 Å². The highest BCUT2D eigenvalue weighted by atomic mass is 16.5. The van der Waals surface area contributed by atoms with Crippen molar-refractivity contribution in [3.63, 3.8) is 0 Å². The van der Waals surface area contributed by atoms with Gasteiger partial charge in [0.05, 0.1) is 12.3 Å². The lowest BCUT2D eigenvalue weighted by Gasteiger charge is -2.13. The predicted molar refractivity (Wildman–Crippen MR) is 115 cm³/mol. The molecule has 7 nitrogen and oxygen atoms in total. The lowest BCUT2D eigenvalue weighted by atomic mass is 10.2. The van der Waals surface area contributed by atoms with Gasteiger partial charge in [0, 0.05) is 44.2 Å². The van der Waals surface area contributed by atoms with Crippen LogP contribution in [0.5, 0.6) is 5.75 Å². The minimum absolute atomic E-state index is 0.118. The second-order valence-electron chi connectivity index (χ2n) is 7.10. The Morgan fingerprint density at radius 1 is 1.14 bits per heavy atom. The first-order chi connectivity index (χ1) is 14.0. The minimum atomic E-state index is -0.118. The molecule has 1 N–H and O–H groups in total. The predicted octanol–water partition coefficient (Wildman–Crippen LogP) is 2.78. The maximum atomic E-state index is 12.3. The van der Waals surface area contributed by atoms with E-state index in [2.05, 4.69) is 34.3 Å². The average molecular weight is 393 g/mol. The van der Waals surface area contributed by atoms with Gasteiger partial charge in [-0.15, -0.1) is 0 Å². The maximum absolute atomic E-state index is 12.3. The Labute approximate surface area is 171 Å². The van der Waals surface area contributed by atoms with Gasteiger partial charge in [-0.2, -0.15) is 0 Å². The molecule has 1 aromatic carbocycles. The van der Waals surface area contributed by atoms with Gasteiger partial charge in [0.1, 0.15) is 5.75 Å². The van der Waals surface area contributed by atoms with E-state index in [-0.39, 0.29) is 5.56 Å². The fourth-order valence-corrected chi connectivity index (χ4v) is 2.87. The molecule has 0 unspecified atom stereocenters. The summed E-state index contributed by atoms with van der Waals surface area (Å²) >= 11 is 0. The second-order valence-corrected chi connectivity index (χ2v) is 7.10. The molecular weight excluding hydrogens is 366 g/mol. The minimum Gasteiger partial charge on any atom is -0.494 e. The molecule has 0 fully saturated rings. The number of aromatic nitrogens is 3. The monoisotopic (exact) mass is 393 g/mol. The third kappa shape index (κ3) is 5.89. The zero-order valence-electron chi connectivity index (χ0n) is 17.1. The number of hydrogen-bond donors (Lipinski definition) is 1. The molecule has 3 aromatic rings. The first-order valence-electron chi connectivity index (χ1n) is 9.62. The Hall–Kier alpha value is -3.19. The molecule has 7 heteroatoms. The third-order valence-electron chi connectivity index (χ3n) is 4.48. The van der Waals surface area contributed by atoms with E-state index in [1.807, 2.05) is 36.4 Å². The van der Waals surface area contributed by atoms with E-state index in [9.17, 15) is 4.79 Å². The van der Waals surface area contributed by atoms with Gasteiger partial charge in [-0.1, -0.05) is 12.1 Å². The van der Waals surface area contributed by atoms with Gasteiger partial charge >= 0.3 is 0 Å². The molecule has 0 radical (unpaired) electrons. The largest absolute Gasteiger partial charge is 0.494 e. The standard InChI is InChI=1S/C22H27N5O2/c1-26(2)12-5-13-29-19-7-4-6-17(14-19)16-24-22-25-20(15-21(28)27(22)3)18-8-10-23-11-9-18/h4,6-11,14-15H,5,12-13,16H2,1-3H3,(H,24,25). The maximum Gasteiger partial charge on any atom is 0.255 e. The molecule has 3 rings (SSSR count). The number of ether oxygens (including phenoxy) is 1. The second kappa shape index (κ2) is 9.84. The Morgan fingerprint density at radius 2 is 1.93 bits per heavy atom. The van der Waals surface area contributed by atoms with Crippen molar-refractivity contribution < 1.29 is 4.74 Å². The van der Waals surface area contributed by atoms with Crippen LogP contribution in [0, 0.1) is 0 Å². The van der Waals surface area contributed by atoms with E-state index in [4.69, 9.17) is 4.74 Å². The van der Waals surface area contributed by atoms with Crippen LogP contribution in [0.2, 0.25) is 0 Å². The molecule has 0 spiro atoms. The summed E-state index contributed by atoms with van der Waals surface area (Å²) in [6.07, 6.45) is 4.35. The molecule has 0 bridgehead atoms. The van der Waals surface area contributed by atoms with Gasteiger partial charge in [-0.25, -0.2) is 4.98 Å². The summed E-state index contributed by atoms with van der Waals surface area (Å²) in [5.41, 5.74) is 2.41. The molecule has 0 aliphatic carbocycles. The Kier molecular flexibility index (Phi) is 6.97. The van der Waals surface area contributed by atoms with Crippen molar-refractivity contribution in [3.05, 3.63) is 70.8 Å². The van der Waals surface area contributed by atoms with Crippen molar-refractivity contribution in [2.45, 2.75) is 13.0 Å². The van der Waals surface area contributed by atoms with E-state index in [0.717, 1.165) is 29.8 Å². The van der Waals surface area contributed by atoms with Crippen molar-refractivity contribution in [1.29, 1.82) is 0 Å². The molecule has 0 aliphatic heterocycles. The number of nitrogens with one attached hydrogen (secondary N) is 1. The van der Waals surface area contributed by atoms with E-state index in [0.29, 0.717) is 24.8 Å². The number of anilines is 1. The van der Waals surface area contributed by atoms with Gasteiger partial charge in [-0.05, 0) is 50.3 Å². The first-order valence-corrected chi connectivity index (χ1v) is 9.62. The zero-order valence-corrected chi connectivity index (χ0v) is 17.1. The zero-order chi connectivity index (χ0) is 20.6. The summed E-state index contributed by atoms with van der Waals surface area (Å²) < 4.78 is 7.34. The third-order valence-corrected chi connectivity index (χ3v) is 4.48. The topological polar surface area (TPSA) is 72.3 Å². The summed E-state index contributed by atoms with van der Waals surface area (Å²) in [6.45, 7) is 2.21. The molecule has 29 heavy (non-hydrogen) atoms. The summed E-state index contributed by atoms with van der Waals surface area (Å²) in [6, 6.07) is 13.2. The normalized spacial score (nSPS) is 10.9. The number of hydrogen-bond acceptors (Lipinski definition) is 6. The lowest BCUT2D eigenvalue weighted by Crippen LogP contribution is -2.21. The van der Waals surface area contributed by atoms with E-state index in [1.165, 1.54) is 10.6 Å². The molecule has 2 heterocycles. The van der Waals surface area contributed by atoms with Crippen LogP contribution in [0.25, 0.3) is 11.3 Å². The van der Waals surface area contributed by atoms with E-state index in [1.54, 1.807) is 19.4 Å². The van der Waals surface area contributed by atoms with Crippen LogP contribution in [0.4, 0.5) is 5.95 Å². The van der Waals surface area contributed by atoms with E-state index < -0.39 is 0 Å². The van der Waals surface area contributed by atoms with Gasteiger partial charge in [0.25, 0.3) is 5.56 Å². The summed E-state index contributed by atoms with van der Waals surface area (Å²) in [5, 5.41) is 3.26. The van der Waals surface area contributed by atoms with Crippen LogP contribution >= 0.6 is 0 Å². The Morgan fingerprint density at radius 3 is 2.69 bits per heavy atom. The summed E-state index contributed by atoms with van der Waals surface area (Å²) in [7, 11) is 5.81. The smallest absolute Gasteiger partial charge is 0.255 e. The van der Waals surface area contributed by atoms with Gasteiger partial charge in [0.2, 0.25) is 5.95 Å². The van der Waals surface area contributed by atoms with Crippen molar-refractivity contribution in [1.82, 2.24) is 19.4 Å². The molecule has 0 saturated heterocycles. The van der Waals surface area contributed by atoms with Crippen molar-refractivity contribution in [2.24, 2.45) is 7.05 Å². The highest BCUT2D eigenvalue weighted by molar-refractivity contribution is 5.59. The summed E-state index contributed by atoms with van der Waals surface area (Å²) in [4.78, 5) is 23.1. The van der Waals surface area contributed by atoms with Crippen LogP contribution in [-0.2, 0) is 13.6 Å². The molecule has 2 aromatic heterocycles. The lowest BCUT2D eigenvalue weighted by molar-refractivity contribution is 0.281. The SMILES string of the molecule is CN(C)CCCOc1cccc(CNc2nc(-c3ccncc3)cc(=O)n2C)c1. The van der Waals surface area contributed by atoms with Crippen LogP contribution in [0.3, 0.4) is 0 Å². The first kappa shape index (κ1) is 20.5. The van der Waals surface area contributed by atoms with Crippen molar-refractivity contribution in [3.8, 4) is 17.0 Å². The Balaban J connectivity index is 1.67. The van der Waals surface area contributed by atoms with Crippen LogP contribution in [-0.4, -0.2) is 46.7 Å². The van der Waals surface area contributed by atoms with Gasteiger partial charge in [-0.3, -0.25) is 14.3 Å². The summed E-state index contributed by atoms with van der Waals surface area (Å²) in [5.74, 6) is 1.36. The average Bonchev–Trinajstić information content (AvgIpc) is 2.73. The molecular formula is C22H27N5O2. The number of nitrogens with zero attached hydrogens (tertiary/aromatic N) is 4. The number of benzene rings is 1. The quantitative estimate of drug-likeness (QED) is 0.564. The number of pyridine rings is 1. The number of rotatable bonds is 9. The molecule has 0 saturated carbocycles. The van der Waals surface area contributed by atoms with Crippen LogP contribution < -0.4 is 15.6 Å². The van der Waals surface area contributed by atoms with Crippen molar-refractivity contribution in [2.75, 3.05) is 32.6 Å². The highest BCUT2D eigenvalue weighted by Crippen LogP contribution is 2.17. The fourth-order valence-electron chi connectivity index (χ4n) is 2.87. The molecule has 0 aliphatic rings. The van der Waals surface area contributed by atoms with Crippen LogP contribution in [0.15, 0.2) is 59.7 Å². The fraction of sp³-hybridized carbons (Fsp3) is 0.318. The molecule has 0 amide bonds. The van der Waals surface area contributed by atoms with Crippen LogP contribution in [0.1, 0.15) is 12.0 Å². The van der Waals surface area contributed by atoms with Crippen molar-refractivity contribution >= 4 is 5.95 Å². The Bertz CT molecular complexity index is 986. The van der Waals surface area contributed by atoms with Gasteiger partial charge in [0.15, 0.2) is 0 Å². The molecule has 152 valence electrons.